The van der Waals surface area contributed by atoms with Crippen molar-refractivity contribution in [2.45, 2.75) is 65.0 Å². The first kappa shape index (κ1) is 15.4. The molecule has 0 spiro atoms. The van der Waals surface area contributed by atoms with Gasteiger partial charge >= 0.3 is 0 Å². The number of aryl methyl sites for hydroxylation is 1. The number of likely N-dealkylation sites (tertiary alicyclic amines) is 1. The quantitative estimate of drug-likeness (QED) is 0.838. The third-order valence-corrected chi connectivity index (χ3v) is 5.96. The van der Waals surface area contributed by atoms with E-state index in [-0.39, 0.29) is 0 Å². The maximum absolute atomic E-state index is 4.88. The Labute approximate surface area is 133 Å². The Morgan fingerprint density at radius 1 is 1.24 bits per heavy atom. The molecule has 0 bridgehead atoms. The van der Waals surface area contributed by atoms with Crippen LogP contribution in [0.1, 0.15) is 55.1 Å². The minimum Gasteiger partial charge on any atom is -0.309 e. The molecule has 2 fully saturated rings. The molecule has 1 saturated heterocycles. The third-order valence-electron chi connectivity index (χ3n) is 4.80. The predicted octanol–water partition coefficient (Wildman–Crippen LogP) is 3.23. The summed E-state index contributed by atoms with van der Waals surface area (Å²) in [5.74, 6) is 0.924. The minimum atomic E-state index is 0.788. The Kier molecular flexibility index (Phi) is 5.30. The highest BCUT2D eigenvalue weighted by Gasteiger charge is 2.21. The Balaban J connectivity index is 1.50. The van der Waals surface area contributed by atoms with Crippen LogP contribution in [-0.4, -0.2) is 35.6 Å². The van der Waals surface area contributed by atoms with Crippen LogP contribution in [0.25, 0.3) is 0 Å². The molecule has 3 rings (SSSR count). The smallest absolute Gasteiger partial charge is 0.0944 e. The summed E-state index contributed by atoms with van der Waals surface area (Å²) in [6.45, 7) is 9.40. The number of hydrogen-bond donors (Lipinski definition) is 1. The maximum Gasteiger partial charge on any atom is 0.0944 e. The first-order valence-corrected chi connectivity index (χ1v) is 9.49. The molecule has 0 atom stereocenters. The van der Waals surface area contributed by atoms with Gasteiger partial charge in [0.05, 0.1) is 10.7 Å². The Morgan fingerprint density at radius 2 is 2.00 bits per heavy atom. The zero-order valence-electron chi connectivity index (χ0n) is 13.5. The lowest BCUT2D eigenvalue weighted by Crippen LogP contribution is -2.34. The highest BCUT2D eigenvalue weighted by Crippen LogP contribution is 2.24. The van der Waals surface area contributed by atoms with Gasteiger partial charge in [-0.2, -0.15) is 0 Å². The fourth-order valence-electron chi connectivity index (χ4n) is 3.02. The van der Waals surface area contributed by atoms with Crippen LogP contribution in [0.15, 0.2) is 0 Å². The Morgan fingerprint density at radius 3 is 2.67 bits per heavy atom. The average molecular weight is 308 g/mol. The second kappa shape index (κ2) is 7.21. The van der Waals surface area contributed by atoms with Crippen molar-refractivity contribution in [1.82, 2.24) is 15.2 Å². The van der Waals surface area contributed by atoms with Crippen molar-refractivity contribution in [3.05, 3.63) is 15.6 Å². The Hall–Kier alpha value is -0.450. The summed E-state index contributed by atoms with van der Waals surface area (Å²) in [5, 5.41) is 4.98. The lowest BCUT2D eigenvalue weighted by molar-refractivity contribution is 0.194. The van der Waals surface area contributed by atoms with E-state index in [1.54, 1.807) is 0 Å². The van der Waals surface area contributed by atoms with Gasteiger partial charge < -0.3 is 10.2 Å². The van der Waals surface area contributed by atoms with Gasteiger partial charge in [0.2, 0.25) is 0 Å². The normalized spacial score (nSPS) is 21.0. The average Bonchev–Trinajstić information content (AvgIpc) is 3.24. The van der Waals surface area contributed by atoms with Crippen LogP contribution >= 0.6 is 11.3 Å². The van der Waals surface area contributed by atoms with Crippen LogP contribution in [0, 0.1) is 5.92 Å². The summed E-state index contributed by atoms with van der Waals surface area (Å²) >= 11 is 1.94. The van der Waals surface area contributed by atoms with Gasteiger partial charge in [-0.3, -0.25) is 0 Å². The van der Waals surface area contributed by atoms with E-state index in [0.29, 0.717) is 0 Å². The first-order valence-electron chi connectivity index (χ1n) is 8.67. The monoisotopic (exact) mass is 307 g/mol. The van der Waals surface area contributed by atoms with Crippen molar-refractivity contribution in [3.8, 4) is 0 Å². The first-order chi connectivity index (χ1) is 10.2. The molecule has 1 aliphatic heterocycles. The molecule has 3 nitrogen and oxygen atoms in total. The number of rotatable bonds is 7. The van der Waals surface area contributed by atoms with Crippen molar-refractivity contribution < 1.29 is 0 Å². The van der Waals surface area contributed by atoms with Crippen LogP contribution < -0.4 is 5.32 Å². The van der Waals surface area contributed by atoms with Gasteiger partial charge in [-0.05, 0) is 51.1 Å². The van der Waals surface area contributed by atoms with E-state index in [1.807, 2.05) is 11.3 Å². The largest absolute Gasteiger partial charge is 0.309 e. The molecule has 2 heterocycles. The number of hydrogen-bond acceptors (Lipinski definition) is 4. The molecule has 1 aromatic heterocycles. The summed E-state index contributed by atoms with van der Waals surface area (Å²) in [7, 11) is 0. The molecule has 1 saturated carbocycles. The van der Waals surface area contributed by atoms with E-state index in [0.717, 1.165) is 31.3 Å². The van der Waals surface area contributed by atoms with Crippen molar-refractivity contribution >= 4 is 11.3 Å². The van der Waals surface area contributed by atoms with Crippen LogP contribution in [-0.2, 0) is 19.4 Å². The van der Waals surface area contributed by atoms with Gasteiger partial charge in [-0.25, -0.2) is 4.98 Å². The van der Waals surface area contributed by atoms with E-state index in [1.165, 1.54) is 60.9 Å². The highest BCUT2D eigenvalue weighted by atomic mass is 32.1. The molecule has 1 aromatic rings. The molecule has 0 radical (unpaired) electrons. The Bertz CT molecular complexity index is 445. The van der Waals surface area contributed by atoms with Crippen LogP contribution in [0.4, 0.5) is 0 Å². The minimum absolute atomic E-state index is 0.788. The van der Waals surface area contributed by atoms with E-state index in [2.05, 4.69) is 24.1 Å². The third kappa shape index (κ3) is 4.51. The number of nitrogens with one attached hydrogen (secondary N) is 1. The van der Waals surface area contributed by atoms with E-state index >= 15 is 0 Å². The summed E-state index contributed by atoms with van der Waals surface area (Å²) in [5.41, 5.74) is 1.33. The second-order valence-electron chi connectivity index (χ2n) is 6.76. The lowest BCUT2D eigenvalue weighted by Gasteiger charge is -2.29. The number of nitrogens with zero attached hydrogens (tertiary/aromatic N) is 2. The fraction of sp³-hybridized carbons (Fsp3) is 0.824. The van der Waals surface area contributed by atoms with Gasteiger partial charge in [-0.15, -0.1) is 11.3 Å². The topological polar surface area (TPSA) is 28.2 Å². The summed E-state index contributed by atoms with van der Waals surface area (Å²) in [4.78, 5) is 8.98. The zero-order valence-corrected chi connectivity index (χ0v) is 14.3. The van der Waals surface area contributed by atoms with E-state index < -0.39 is 0 Å². The number of piperidine rings is 1. The lowest BCUT2D eigenvalue weighted by atomic mass is 9.99. The van der Waals surface area contributed by atoms with Gasteiger partial charge in [0.25, 0.3) is 0 Å². The highest BCUT2D eigenvalue weighted by molar-refractivity contribution is 7.11. The summed E-state index contributed by atoms with van der Waals surface area (Å²) in [6, 6.07) is 0.788. The molecule has 0 unspecified atom stereocenters. The molecule has 0 amide bonds. The number of thiazole rings is 1. The maximum atomic E-state index is 4.88. The van der Waals surface area contributed by atoms with Gasteiger partial charge in [0.1, 0.15) is 0 Å². The molecule has 21 heavy (non-hydrogen) atoms. The molecule has 118 valence electrons. The van der Waals surface area contributed by atoms with Gasteiger partial charge in [0, 0.05) is 30.4 Å². The van der Waals surface area contributed by atoms with Crippen LogP contribution in [0.3, 0.4) is 0 Å². The van der Waals surface area contributed by atoms with Crippen molar-refractivity contribution in [2.75, 3.05) is 19.6 Å². The number of aromatic nitrogens is 1. The summed E-state index contributed by atoms with van der Waals surface area (Å²) in [6.07, 6.45) is 7.67. The molecule has 0 aromatic carbocycles. The standard InChI is InChI=1S/C17H29N3S/c1-3-15-16(12-18-14-4-5-14)21-17(19-15)8-11-20-9-6-13(2)7-10-20/h13-14,18H,3-12H2,1-2H3. The van der Waals surface area contributed by atoms with E-state index in [9.17, 15) is 0 Å². The van der Waals surface area contributed by atoms with Crippen molar-refractivity contribution in [2.24, 2.45) is 5.92 Å². The summed E-state index contributed by atoms with van der Waals surface area (Å²) < 4.78 is 0. The van der Waals surface area contributed by atoms with Crippen LogP contribution in [0.5, 0.6) is 0 Å². The zero-order chi connectivity index (χ0) is 14.7. The van der Waals surface area contributed by atoms with Crippen molar-refractivity contribution in [1.29, 1.82) is 0 Å². The SMILES string of the molecule is CCc1nc(CCN2CCC(C)CC2)sc1CNC1CC1. The molecular weight excluding hydrogens is 278 g/mol. The molecule has 1 aliphatic carbocycles. The molecule has 4 heteroatoms. The van der Waals surface area contributed by atoms with Crippen LogP contribution in [0.2, 0.25) is 0 Å². The molecule has 2 aliphatic rings. The fourth-order valence-corrected chi connectivity index (χ4v) is 4.12. The molecular formula is C17H29N3S. The van der Waals surface area contributed by atoms with Gasteiger partial charge in [0.15, 0.2) is 0 Å². The van der Waals surface area contributed by atoms with Gasteiger partial charge in [-0.1, -0.05) is 13.8 Å². The second-order valence-corrected chi connectivity index (χ2v) is 7.93. The predicted molar refractivity (Wildman–Crippen MR) is 89.9 cm³/mol. The van der Waals surface area contributed by atoms with E-state index in [4.69, 9.17) is 4.98 Å². The molecule has 1 N–H and O–H groups in total. The van der Waals surface area contributed by atoms with Crippen molar-refractivity contribution in [3.63, 3.8) is 0 Å².